The van der Waals surface area contributed by atoms with Crippen molar-refractivity contribution < 1.29 is 0 Å². The van der Waals surface area contributed by atoms with Crippen LogP contribution in [0.5, 0.6) is 0 Å². The largest absolute Gasteiger partial charge is 0.388 e. The lowest BCUT2D eigenvalue weighted by molar-refractivity contribution is 1.32. The monoisotopic (exact) mass is 437 g/mol. The summed E-state index contributed by atoms with van der Waals surface area (Å²) in [6, 6.07) is 38.1. The van der Waals surface area contributed by atoms with Crippen molar-refractivity contribution in [2.75, 3.05) is 12.4 Å². The molecule has 34 heavy (non-hydrogen) atoms. The number of nitrogens with zero attached hydrogens (tertiary/aromatic N) is 2. The summed E-state index contributed by atoms with van der Waals surface area (Å²) in [6.45, 7) is 0. The van der Waals surface area contributed by atoms with Gasteiger partial charge in [-0.2, -0.15) is 0 Å². The Hall–Kier alpha value is -4.50. The van der Waals surface area contributed by atoms with E-state index in [0.717, 1.165) is 50.2 Å². The molecule has 1 N–H and O–H groups in total. The summed E-state index contributed by atoms with van der Waals surface area (Å²) in [5.41, 5.74) is 8.35. The lowest BCUT2D eigenvalue weighted by Gasteiger charge is -2.14. The fourth-order valence-electron chi connectivity index (χ4n) is 4.52. The van der Waals surface area contributed by atoms with E-state index >= 15 is 0 Å². The minimum atomic E-state index is 0.936. The highest BCUT2D eigenvalue weighted by Crippen LogP contribution is 2.37. The Morgan fingerprint density at radius 2 is 1.32 bits per heavy atom. The van der Waals surface area contributed by atoms with Gasteiger partial charge in [0.15, 0.2) is 0 Å². The number of aromatic nitrogens is 2. The Balaban J connectivity index is 1.60. The number of fused-ring (bicyclic) bond motifs is 2. The zero-order valence-electron chi connectivity index (χ0n) is 18.9. The van der Waals surface area contributed by atoms with Crippen molar-refractivity contribution in [3.8, 4) is 33.6 Å². The third kappa shape index (κ3) is 3.57. The van der Waals surface area contributed by atoms with Gasteiger partial charge in [0.05, 0.1) is 16.9 Å². The highest BCUT2D eigenvalue weighted by atomic mass is 14.8. The standard InChI is InChI=1S/C31H23N3/c1-32-26-15-13-23(14-16-26)31-27(22-8-3-2-4-9-22)20-28-29(34-31)17-18-33-30(28)25-12-11-21-7-5-6-10-24(21)19-25/h2-20,32H,1H3. The van der Waals surface area contributed by atoms with Crippen molar-refractivity contribution in [1.82, 2.24) is 9.97 Å². The van der Waals surface area contributed by atoms with Crippen molar-refractivity contribution in [2.45, 2.75) is 0 Å². The van der Waals surface area contributed by atoms with Crippen molar-refractivity contribution in [2.24, 2.45) is 0 Å². The van der Waals surface area contributed by atoms with E-state index in [9.17, 15) is 0 Å². The van der Waals surface area contributed by atoms with Crippen LogP contribution in [-0.4, -0.2) is 17.0 Å². The number of nitrogens with one attached hydrogen (secondary N) is 1. The highest BCUT2D eigenvalue weighted by molar-refractivity contribution is 6.00. The topological polar surface area (TPSA) is 37.8 Å². The zero-order valence-corrected chi connectivity index (χ0v) is 18.9. The molecule has 0 aliphatic rings. The molecular formula is C31H23N3. The first-order valence-corrected chi connectivity index (χ1v) is 11.4. The summed E-state index contributed by atoms with van der Waals surface area (Å²) >= 11 is 0. The average molecular weight is 438 g/mol. The van der Waals surface area contributed by atoms with Gasteiger partial charge in [-0.3, -0.25) is 4.98 Å². The summed E-state index contributed by atoms with van der Waals surface area (Å²) in [7, 11) is 1.93. The first-order valence-electron chi connectivity index (χ1n) is 11.4. The fraction of sp³-hybridized carbons (Fsp3) is 0.0323. The van der Waals surface area contributed by atoms with Gasteiger partial charge in [-0.05, 0) is 46.7 Å². The minimum Gasteiger partial charge on any atom is -0.388 e. The third-order valence-electron chi connectivity index (χ3n) is 6.30. The van der Waals surface area contributed by atoms with Crippen molar-refractivity contribution >= 4 is 27.4 Å². The number of hydrogen-bond acceptors (Lipinski definition) is 3. The Morgan fingerprint density at radius 1 is 0.588 bits per heavy atom. The summed E-state index contributed by atoms with van der Waals surface area (Å²) in [6.07, 6.45) is 1.86. The molecule has 0 saturated carbocycles. The van der Waals surface area contributed by atoms with Crippen LogP contribution in [0.25, 0.3) is 55.3 Å². The molecule has 3 heteroatoms. The summed E-state index contributed by atoms with van der Waals surface area (Å²) in [4.78, 5) is 9.96. The number of anilines is 1. The molecule has 6 aromatic rings. The van der Waals surface area contributed by atoms with Crippen molar-refractivity contribution in [3.05, 3.63) is 115 Å². The molecule has 0 aliphatic heterocycles. The van der Waals surface area contributed by atoms with E-state index in [4.69, 9.17) is 9.97 Å². The maximum Gasteiger partial charge on any atom is 0.0796 e. The quantitative estimate of drug-likeness (QED) is 0.305. The van der Waals surface area contributed by atoms with Crippen LogP contribution >= 0.6 is 0 Å². The Kier molecular flexibility index (Phi) is 5.00. The molecular weight excluding hydrogens is 414 g/mol. The van der Waals surface area contributed by atoms with Gasteiger partial charge in [0.25, 0.3) is 0 Å². The van der Waals surface area contributed by atoms with Gasteiger partial charge >= 0.3 is 0 Å². The van der Waals surface area contributed by atoms with E-state index < -0.39 is 0 Å². The van der Waals surface area contributed by atoms with E-state index in [1.807, 2.05) is 25.4 Å². The lowest BCUT2D eigenvalue weighted by atomic mass is 9.95. The molecule has 2 heterocycles. The molecule has 0 amide bonds. The van der Waals surface area contributed by atoms with Crippen LogP contribution < -0.4 is 5.32 Å². The van der Waals surface area contributed by atoms with Gasteiger partial charge in [-0.25, -0.2) is 4.98 Å². The second kappa shape index (κ2) is 8.45. The van der Waals surface area contributed by atoms with E-state index in [-0.39, 0.29) is 0 Å². The second-order valence-corrected chi connectivity index (χ2v) is 8.37. The van der Waals surface area contributed by atoms with Gasteiger partial charge in [0.1, 0.15) is 0 Å². The number of hydrogen-bond donors (Lipinski definition) is 1. The zero-order chi connectivity index (χ0) is 22.9. The molecule has 6 rings (SSSR count). The molecule has 0 saturated heterocycles. The Morgan fingerprint density at radius 3 is 2.12 bits per heavy atom. The van der Waals surface area contributed by atoms with Crippen LogP contribution in [0.3, 0.4) is 0 Å². The van der Waals surface area contributed by atoms with Crippen LogP contribution in [0, 0.1) is 0 Å². The molecule has 0 aliphatic carbocycles. The van der Waals surface area contributed by atoms with Crippen molar-refractivity contribution in [3.63, 3.8) is 0 Å². The van der Waals surface area contributed by atoms with E-state index in [1.165, 1.54) is 10.8 Å². The van der Waals surface area contributed by atoms with Gasteiger partial charge in [-0.15, -0.1) is 0 Å². The molecule has 0 unspecified atom stereocenters. The molecule has 0 fully saturated rings. The van der Waals surface area contributed by atoms with Crippen LogP contribution in [-0.2, 0) is 0 Å². The SMILES string of the molecule is CNc1ccc(-c2nc3ccnc(-c4ccc5ccccc5c4)c3cc2-c2ccccc2)cc1. The Bertz CT molecular complexity index is 1620. The molecule has 2 aromatic heterocycles. The first-order chi connectivity index (χ1) is 16.8. The maximum atomic E-state index is 5.17. The van der Waals surface area contributed by atoms with Crippen LogP contribution in [0.15, 0.2) is 115 Å². The molecule has 0 radical (unpaired) electrons. The van der Waals surface area contributed by atoms with E-state index in [0.29, 0.717) is 0 Å². The third-order valence-corrected chi connectivity index (χ3v) is 6.30. The number of pyridine rings is 2. The average Bonchev–Trinajstić information content (AvgIpc) is 2.92. The van der Waals surface area contributed by atoms with Gasteiger partial charge in [-0.1, -0.05) is 78.9 Å². The van der Waals surface area contributed by atoms with Gasteiger partial charge in [0, 0.05) is 41.0 Å². The van der Waals surface area contributed by atoms with Gasteiger partial charge in [0.2, 0.25) is 0 Å². The number of benzene rings is 4. The van der Waals surface area contributed by atoms with Gasteiger partial charge < -0.3 is 5.32 Å². The predicted molar refractivity (Wildman–Crippen MR) is 143 cm³/mol. The molecule has 3 nitrogen and oxygen atoms in total. The highest BCUT2D eigenvalue weighted by Gasteiger charge is 2.15. The normalized spacial score (nSPS) is 11.1. The van der Waals surface area contributed by atoms with E-state index in [1.54, 1.807) is 0 Å². The number of rotatable bonds is 4. The van der Waals surface area contributed by atoms with Crippen molar-refractivity contribution in [1.29, 1.82) is 0 Å². The predicted octanol–water partition coefficient (Wildman–Crippen LogP) is 7.83. The minimum absolute atomic E-state index is 0.936. The smallest absolute Gasteiger partial charge is 0.0796 e. The summed E-state index contributed by atoms with van der Waals surface area (Å²) < 4.78 is 0. The summed E-state index contributed by atoms with van der Waals surface area (Å²) in [5, 5.41) is 6.67. The van der Waals surface area contributed by atoms with E-state index in [2.05, 4.69) is 102 Å². The van der Waals surface area contributed by atoms with Crippen LogP contribution in [0.1, 0.15) is 0 Å². The summed E-state index contributed by atoms with van der Waals surface area (Å²) in [5.74, 6) is 0. The lowest BCUT2D eigenvalue weighted by Crippen LogP contribution is -1.95. The molecule has 0 bridgehead atoms. The first kappa shape index (κ1) is 20.1. The molecule has 0 atom stereocenters. The molecule has 0 spiro atoms. The second-order valence-electron chi connectivity index (χ2n) is 8.37. The van der Waals surface area contributed by atoms with Crippen LogP contribution in [0.2, 0.25) is 0 Å². The fourth-order valence-corrected chi connectivity index (χ4v) is 4.52. The molecule has 162 valence electrons. The van der Waals surface area contributed by atoms with Crippen LogP contribution in [0.4, 0.5) is 5.69 Å². The Labute approximate surface area is 198 Å². The maximum absolute atomic E-state index is 5.17. The molecule has 4 aromatic carbocycles.